The second-order valence-electron chi connectivity index (χ2n) is 8.40. The van der Waals surface area contributed by atoms with Crippen molar-refractivity contribution in [2.45, 2.75) is 33.2 Å². The number of hydrogen-bond acceptors (Lipinski definition) is 2. The molecule has 0 atom stereocenters. The zero-order valence-corrected chi connectivity index (χ0v) is 19.0. The molecule has 1 aliphatic heterocycles. The van der Waals surface area contributed by atoms with Crippen molar-refractivity contribution < 1.29 is 9.59 Å². The molecule has 0 bridgehead atoms. The average molecular weight is 437 g/mol. The van der Waals surface area contributed by atoms with Gasteiger partial charge in [0.05, 0.1) is 0 Å². The molecule has 3 aromatic carbocycles. The number of carbonyl (C=O) groups excluding carboxylic acids is 2. The summed E-state index contributed by atoms with van der Waals surface area (Å²) in [5.74, 6) is -0.170. The molecule has 3 aromatic rings. The number of amides is 2. The lowest BCUT2D eigenvalue weighted by molar-refractivity contribution is -0.121. The van der Waals surface area contributed by atoms with Crippen LogP contribution in [0.15, 0.2) is 90.5 Å². The van der Waals surface area contributed by atoms with Gasteiger partial charge < -0.3 is 10.6 Å². The largest absolute Gasteiger partial charge is 0.352 e. The first-order valence-electron chi connectivity index (χ1n) is 11.2. The van der Waals surface area contributed by atoms with Gasteiger partial charge in [0, 0.05) is 24.2 Å². The van der Waals surface area contributed by atoms with Gasteiger partial charge in [0.15, 0.2) is 0 Å². The predicted octanol–water partition coefficient (Wildman–Crippen LogP) is 5.32. The topological polar surface area (TPSA) is 58.2 Å². The Kier molecular flexibility index (Phi) is 6.84. The van der Waals surface area contributed by atoms with Crippen LogP contribution in [0.3, 0.4) is 0 Å². The number of benzene rings is 3. The van der Waals surface area contributed by atoms with E-state index in [0.717, 1.165) is 33.5 Å². The number of carbonyl (C=O) groups is 2. The average Bonchev–Trinajstić information content (AvgIpc) is 3.21. The molecule has 166 valence electrons. The summed E-state index contributed by atoms with van der Waals surface area (Å²) in [4.78, 5) is 25.5. The summed E-state index contributed by atoms with van der Waals surface area (Å²) < 4.78 is 0. The van der Waals surface area contributed by atoms with E-state index in [2.05, 4.69) is 10.6 Å². The van der Waals surface area contributed by atoms with Gasteiger partial charge in [-0.3, -0.25) is 9.59 Å². The molecule has 2 amide bonds. The third-order valence-electron chi connectivity index (χ3n) is 5.80. The summed E-state index contributed by atoms with van der Waals surface area (Å²) in [6, 6.07) is 26.0. The third kappa shape index (κ3) is 5.66. The molecule has 0 saturated heterocycles. The molecule has 0 spiro atoms. The number of hydrogen-bond donors (Lipinski definition) is 2. The Morgan fingerprint density at radius 1 is 0.818 bits per heavy atom. The van der Waals surface area contributed by atoms with E-state index in [1.165, 1.54) is 5.56 Å². The van der Waals surface area contributed by atoms with E-state index >= 15 is 0 Å². The van der Waals surface area contributed by atoms with E-state index < -0.39 is 0 Å². The summed E-state index contributed by atoms with van der Waals surface area (Å²) in [7, 11) is 0. The first-order valence-corrected chi connectivity index (χ1v) is 11.2. The van der Waals surface area contributed by atoms with Crippen LogP contribution >= 0.6 is 0 Å². The second kappa shape index (κ2) is 10.1. The maximum absolute atomic E-state index is 12.9. The Morgan fingerprint density at radius 2 is 1.45 bits per heavy atom. The van der Waals surface area contributed by atoms with Crippen molar-refractivity contribution >= 4 is 23.1 Å². The van der Waals surface area contributed by atoms with Gasteiger partial charge in [0.2, 0.25) is 5.91 Å². The van der Waals surface area contributed by atoms with E-state index in [-0.39, 0.29) is 11.8 Å². The van der Waals surface area contributed by atoms with Crippen LogP contribution in [0.1, 0.15) is 40.7 Å². The standard InChI is InChI=1S/C29H28N2O2/c1-20-8-12-23(13-9-20)25(16-17-28(32)30-19-22-6-4-3-5-7-22)26-18-27(31-29(26)33)24-14-10-21(2)11-15-24/h3-15,18H,16-17,19H2,1-2H3,(H,30,32)(H,31,33). The fourth-order valence-electron chi connectivity index (χ4n) is 3.86. The summed E-state index contributed by atoms with van der Waals surface area (Å²) in [6.07, 6.45) is 2.69. The molecule has 0 radical (unpaired) electrons. The summed E-state index contributed by atoms with van der Waals surface area (Å²) in [5.41, 5.74) is 7.58. The molecule has 2 N–H and O–H groups in total. The van der Waals surface area contributed by atoms with Crippen LogP contribution in [-0.4, -0.2) is 11.8 Å². The molecule has 0 unspecified atom stereocenters. The molecule has 4 rings (SSSR count). The van der Waals surface area contributed by atoms with Crippen LogP contribution in [0.2, 0.25) is 0 Å². The SMILES string of the molecule is Cc1ccc(C2=CC(=C(CCC(=O)NCc3ccccc3)c3ccc(C)cc3)C(=O)N2)cc1. The number of allylic oxidation sites excluding steroid dienone is 1. The van der Waals surface area contributed by atoms with E-state index in [0.29, 0.717) is 25.0 Å². The van der Waals surface area contributed by atoms with Crippen molar-refractivity contribution in [2.75, 3.05) is 0 Å². The molecule has 33 heavy (non-hydrogen) atoms. The van der Waals surface area contributed by atoms with Crippen LogP contribution in [0.25, 0.3) is 11.3 Å². The number of aryl methyl sites for hydroxylation is 2. The highest BCUT2D eigenvalue weighted by atomic mass is 16.2. The quantitative estimate of drug-likeness (QED) is 0.492. The van der Waals surface area contributed by atoms with E-state index in [1.807, 2.05) is 98.8 Å². The van der Waals surface area contributed by atoms with Crippen LogP contribution in [0.5, 0.6) is 0 Å². The molecule has 0 aromatic heterocycles. The summed E-state index contributed by atoms with van der Waals surface area (Å²) in [5, 5.41) is 5.98. The molecular weight excluding hydrogens is 408 g/mol. The minimum atomic E-state index is -0.133. The summed E-state index contributed by atoms with van der Waals surface area (Å²) in [6.45, 7) is 4.56. The molecule has 1 heterocycles. The Labute approximate surface area is 195 Å². The molecule has 1 aliphatic rings. The fraction of sp³-hybridized carbons (Fsp3) is 0.172. The normalized spacial score (nSPS) is 14.5. The highest BCUT2D eigenvalue weighted by Crippen LogP contribution is 2.30. The highest BCUT2D eigenvalue weighted by molar-refractivity contribution is 6.13. The zero-order valence-electron chi connectivity index (χ0n) is 19.0. The first kappa shape index (κ1) is 22.3. The van der Waals surface area contributed by atoms with Gasteiger partial charge in [-0.05, 0) is 48.6 Å². The lowest BCUT2D eigenvalue weighted by atomic mass is 9.94. The van der Waals surface area contributed by atoms with Gasteiger partial charge in [0.25, 0.3) is 5.91 Å². The maximum Gasteiger partial charge on any atom is 0.256 e. The van der Waals surface area contributed by atoms with Crippen LogP contribution < -0.4 is 10.6 Å². The van der Waals surface area contributed by atoms with Crippen molar-refractivity contribution in [1.82, 2.24) is 10.6 Å². The molecular formula is C29H28N2O2. The van der Waals surface area contributed by atoms with Gasteiger partial charge in [-0.15, -0.1) is 0 Å². The van der Waals surface area contributed by atoms with Crippen molar-refractivity contribution in [3.05, 3.63) is 118 Å². The second-order valence-corrected chi connectivity index (χ2v) is 8.40. The van der Waals surface area contributed by atoms with E-state index in [9.17, 15) is 9.59 Å². The van der Waals surface area contributed by atoms with Crippen LogP contribution in [0, 0.1) is 13.8 Å². The molecule has 4 heteroatoms. The molecule has 0 saturated carbocycles. The van der Waals surface area contributed by atoms with Gasteiger partial charge in [0.1, 0.15) is 0 Å². The summed E-state index contributed by atoms with van der Waals surface area (Å²) >= 11 is 0. The fourth-order valence-corrected chi connectivity index (χ4v) is 3.86. The van der Waals surface area contributed by atoms with Gasteiger partial charge >= 0.3 is 0 Å². The van der Waals surface area contributed by atoms with Gasteiger partial charge in [-0.1, -0.05) is 90.0 Å². The van der Waals surface area contributed by atoms with Crippen molar-refractivity contribution in [2.24, 2.45) is 0 Å². The minimum absolute atomic E-state index is 0.0368. The van der Waals surface area contributed by atoms with E-state index in [1.54, 1.807) is 0 Å². The molecule has 0 fully saturated rings. The maximum atomic E-state index is 12.9. The van der Waals surface area contributed by atoms with Gasteiger partial charge in [-0.2, -0.15) is 0 Å². The van der Waals surface area contributed by atoms with Crippen molar-refractivity contribution in [1.29, 1.82) is 0 Å². The van der Waals surface area contributed by atoms with Crippen molar-refractivity contribution in [3.8, 4) is 0 Å². The van der Waals surface area contributed by atoms with Crippen molar-refractivity contribution in [3.63, 3.8) is 0 Å². The predicted molar refractivity (Wildman–Crippen MR) is 133 cm³/mol. The molecule has 0 aliphatic carbocycles. The third-order valence-corrected chi connectivity index (χ3v) is 5.80. The molecule has 4 nitrogen and oxygen atoms in total. The Balaban J connectivity index is 1.57. The minimum Gasteiger partial charge on any atom is -0.352 e. The smallest absolute Gasteiger partial charge is 0.256 e. The Bertz CT molecular complexity index is 1200. The lowest BCUT2D eigenvalue weighted by Gasteiger charge is -2.11. The Morgan fingerprint density at radius 3 is 2.12 bits per heavy atom. The number of nitrogens with one attached hydrogen (secondary N) is 2. The Hall–Kier alpha value is -3.92. The van der Waals surface area contributed by atoms with E-state index in [4.69, 9.17) is 0 Å². The van der Waals surface area contributed by atoms with Gasteiger partial charge in [-0.25, -0.2) is 0 Å². The first-order chi connectivity index (χ1) is 16.0. The number of rotatable bonds is 7. The lowest BCUT2D eigenvalue weighted by Crippen LogP contribution is -2.22. The van der Waals surface area contributed by atoms with Crippen LogP contribution in [0.4, 0.5) is 0 Å². The highest BCUT2D eigenvalue weighted by Gasteiger charge is 2.23. The van der Waals surface area contributed by atoms with Crippen LogP contribution in [-0.2, 0) is 16.1 Å². The zero-order chi connectivity index (χ0) is 23.2. The monoisotopic (exact) mass is 436 g/mol.